The van der Waals surface area contributed by atoms with Gasteiger partial charge in [0.1, 0.15) is 0 Å². The summed E-state index contributed by atoms with van der Waals surface area (Å²) in [6, 6.07) is 0. The molecule has 0 saturated heterocycles. The van der Waals surface area contributed by atoms with Gasteiger partial charge in [-0.15, -0.1) is 0 Å². The molecule has 0 amide bonds. The predicted molar refractivity (Wildman–Crippen MR) is 49.7 cm³/mol. The minimum atomic E-state index is -4.02. The summed E-state index contributed by atoms with van der Waals surface area (Å²) >= 11 is 0. The van der Waals surface area contributed by atoms with Crippen molar-refractivity contribution in [1.29, 1.82) is 0 Å². The van der Waals surface area contributed by atoms with Gasteiger partial charge in [-0.1, -0.05) is 19.8 Å². The van der Waals surface area contributed by atoms with Crippen molar-refractivity contribution >= 4 is 0 Å². The maximum absolute atomic E-state index is 11.7. The molecule has 0 unspecified atom stereocenters. The Morgan fingerprint density at radius 3 is 2.43 bits per heavy atom. The number of rotatable bonds is 8. The van der Waals surface area contributed by atoms with Crippen LogP contribution in [0, 0.1) is 6.61 Å². The molecule has 0 heterocycles. The smallest absolute Gasteiger partial charge is 0.376 e. The Morgan fingerprint density at radius 2 is 1.86 bits per heavy atom. The van der Waals surface area contributed by atoms with Gasteiger partial charge < -0.3 is 4.74 Å². The van der Waals surface area contributed by atoms with E-state index < -0.39 is 12.6 Å². The first-order valence-corrected chi connectivity index (χ1v) is 5.06. The van der Waals surface area contributed by atoms with Crippen molar-refractivity contribution in [3.63, 3.8) is 0 Å². The molecule has 0 spiro atoms. The Hall–Kier alpha value is -0.250. The highest BCUT2D eigenvalue weighted by molar-refractivity contribution is 4.53. The van der Waals surface area contributed by atoms with Crippen LogP contribution in [0.25, 0.3) is 0 Å². The first kappa shape index (κ1) is 13.8. The minimum Gasteiger partial charge on any atom is -0.376 e. The van der Waals surface area contributed by atoms with Crippen LogP contribution in [0.5, 0.6) is 0 Å². The van der Waals surface area contributed by atoms with Gasteiger partial charge in [0.15, 0.2) is 0 Å². The first-order valence-electron chi connectivity index (χ1n) is 5.06. The molecule has 85 valence electrons. The highest BCUT2D eigenvalue weighted by Gasteiger charge is 2.25. The predicted octanol–water partition coefficient (Wildman–Crippen LogP) is 4.09. The fraction of sp³-hybridized carbons (Fsp3) is 0.900. The van der Waals surface area contributed by atoms with Crippen molar-refractivity contribution < 1.29 is 17.9 Å². The summed E-state index contributed by atoms with van der Waals surface area (Å²) in [7, 11) is 0. The lowest BCUT2D eigenvalue weighted by molar-refractivity contribution is -0.136. The molecule has 1 radical (unpaired) electrons. The van der Waals surface area contributed by atoms with Crippen LogP contribution in [0.4, 0.5) is 13.2 Å². The molecule has 0 aromatic heterocycles. The van der Waals surface area contributed by atoms with Crippen molar-refractivity contribution in [1.82, 2.24) is 0 Å². The highest BCUT2D eigenvalue weighted by Crippen LogP contribution is 2.22. The van der Waals surface area contributed by atoms with Gasteiger partial charge in [-0.05, 0) is 19.3 Å². The second kappa shape index (κ2) is 8.09. The molecule has 0 bridgehead atoms. The standard InChI is InChI=1S/C10H18F3O/c1-2-3-5-8-14-9-6-4-7-10(11,12)13/h8H,2-7,9H2,1H3. The monoisotopic (exact) mass is 211 g/mol. The lowest BCUT2D eigenvalue weighted by Gasteiger charge is -2.05. The molecule has 0 fully saturated rings. The molecule has 0 N–H and O–H groups in total. The van der Waals surface area contributed by atoms with E-state index in [1.54, 1.807) is 6.61 Å². The van der Waals surface area contributed by atoms with E-state index in [1.165, 1.54) is 0 Å². The van der Waals surface area contributed by atoms with Crippen LogP contribution in [-0.2, 0) is 4.74 Å². The van der Waals surface area contributed by atoms with Crippen LogP contribution in [0.1, 0.15) is 45.4 Å². The van der Waals surface area contributed by atoms with E-state index in [4.69, 9.17) is 4.74 Å². The van der Waals surface area contributed by atoms with Gasteiger partial charge >= 0.3 is 6.18 Å². The van der Waals surface area contributed by atoms with Gasteiger partial charge in [0.05, 0.1) is 6.61 Å². The lowest BCUT2D eigenvalue weighted by atomic mass is 10.2. The van der Waals surface area contributed by atoms with Gasteiger partial charge in [-0.25, -0.2) is 0 Å². The summed E-state index contributed by atoms with van der Waals surface area (Å²) in [4.78, 5) is 0. The van der Waals surface area contributed by atoms with Crippen LogP contribution in [0.3, 0.4) is 0 Å². The molecule has 1 nitrogen and oxygen atoms in total. The largest absolute Gasteiger partial charge is 0.389 e. The Bertz CT molecular complexity index is 123. The molecule has 0 aliphatic carbocycles. The number of unbranched alkanes of at least 4 members (excludes halogenated alkanes) is 3. The minimum absolute atomic E-state index is 0.158. The molecular formula is C10H18F3O. The molecule has 0 aromatic rings. The van der Waals surface area contributed by atoms with Crippen molar-refractivity contribution in [3.05, 3.63) is 6.61 Å². The maximum atomic E-state index is 11.7. The fourth-order valence-corrected chi connectivity index (χ4v) is 0.965. The molecule has 0 aliphatic rings. The van der Waals surface area contributed by atoms with E-state index in [-0.39, 0.29) is 6.42 Å². The topological polar surface area (TPSA) is 9.23 Å². The second-order valence-corrected chi connectivity index (χ2v) is 3.25. The summed E-state index contributed by atoms with van der Waals surface area (Å²) in [5.74, 6) is 0. The molecular weight excluding hydrogens is 193 g/mol. The average molecular weight is 211 g/mol. The van der Waals surface area contributed by atoms with Gasteiger partial charge in [0.2, 0.25) is 0 Å². The molecule has 0 aliphatic heterocycles. The Balaban J connectivity index is 2.99. The number of alkyl halides is 3. The van der Waals surface area contributed by atoms with Crippen molar-refractivity contribution in [3.8, 4) is 0 Å². The Morgan fingerprint density at radius 1 is 1.14 bits per heavy atom. The second-order valence-electron chi connectivity index (χ2n) is 3.25. The summed E-state index contributed by atoms with van der Waals surface area (Å²) in [6.07, 6.45) is -1.03. The SMILES string of the molecule is CCCC[CH]OCCCCC(F)(F)F. The van der Waals surface area contributed by atoms with Gasteiger partial charge in [-0.2, -0.15) is 13.2 Å². The van der Waals surface area contributed by atoms with Gasteiger partial charge in [-0.3, -0.25) is 0 Å². The average Bonchev–Trinajstić information content (AvgIpc) is 2.08. The summed E-state index contributed by atoms with van der Waals surface area (Å²) in [6.45, 7) is 4.17. The van der Waals surface area contributed by atoms with E-state index >= 15 is 0 Å². The molecule has 0 aromatic carbocycles. The van der Waals surface area contributed by atoms with Crippen LogP contribution in [0.15, 0.2) is 0 Å². The molecule has 0 rings (SSSR count). The van der Waals surface area contributed by atoms with Crippen molar-refractivity contribution in [2.75, 3.05) is 6.61 Å². The van der Waals surface area contributed by atoms with E-state index in [1.807, 2.05) is 0 Å². The highest BCUT2D eigenvalue weighted by atomic mass is 19.4. The molecule has 14 heavy (non-hydrogen) atoms. The van der Waals surface area contributed by atoms with Crippen LogP contribution in [-0.4, -0.2) is 12.8 Å². The summed E-state index contributed by atoms with van der Waals surface area (Å²) < 4.78 is 40.1. The van der Waals surface area contributed by atoms with E-state index in [2.05, 4.69) is 6.92 Å². The van der Waals surface area contributed by atoms with Crippen molar-refractivity contribution in [2.24, 2.45) is 0 Å². The van der Waals surface area contributed by atoms with E-state index in [9.17, 15) is 13.2 Å². The first-order chi connectivity index (χ1) is 6.56. The molecule has 4 heteroatoms. The zero-order valence-electron chi connectivity index (χ0n) is 8.57. The summed E-state index contributed by atoms with van der Waals surface area (Å²) in [5, 5.41) is 0. The zero-order valence-corrected chi connectivity index (χ0v) is 8.57. The third kappa shape index (κ3) is 11.8. The van der Waals surface area contributed by atoms with Crippen LogP contribution < -0.4 is 0 Å². The molecule has 0 saturated carbocycles. The Kier molecular flexibility index (Phi) is 7.95. The van der Waals surface area contributed by atoms with Gasteiger partial charge in [0, 0.05) is 13.0 Å². The fourth-order valence-electron chi connectivity index (χ4n) is 0.965. The van der Waals surface area contributed by atoms with Gasteiger partial charge in [0.25, 0.3) is 0 Å². The third-order valence-electron chi connectivity index (χ3n) is 1.77. The maximum Gasteiger partial charge on any atom is 0.389 e. The number of halogens is 3. The van der Waals surface area contributed by atoms with Crippen molar-refractivity contribution in [2.45, 2.75) is 51.6 Å². The van der Waals surface area contributed by atoms with E-state index in [0.29, 0.717) is 13.0 Å². The Labute approximate surface area is 83.6 Å². The van der Waals surface area contributed by atoms with Crippen LogP contribution >= 0.6 is 0 Å². The normalized spacial score (nSPS) is 12.0. The number of hydrogen-bond acceptors (Lipinski definition) is 1. The van der Waals surface area contributed by atoms with E-state index in [0.717, 1.165) is 19.3 Å². The summed E-state index contributed by atoms with van der Waals surface area (Å²) in [5.41, 5.74) is 0. The number of hydrogen-bond donors (Lipinski definition) is 0. The quantitative estimate of drug-likeness (QED) is 0.549. The number of ether oxygens (including phenoxy) is 1. The van der Waals surface area contributed by atoms with Crippen LogP contribution in [0.2, 0.25) is 0 Å². The lowest BCUT2D eigenvalue weighted by Crippen LogP contribution is -2.07. The zero-order chi connectivity index (χ0) is 10.9. The third-order valence-corrected chi connectivity index (χ3v) is 1.77. The molecule has 0 atom stereocenters.